The first kappa shape index (κ1) is 9.38. The van der Waals surface area contributed by atoms with Crippen LogP contribution < -0.4 is 11.1 Å². The average molecular weight is 205 g/mol. The Morgan fingerprint density at radius 1 is 1.53 bits per heavy atom. The van der Waals surface area contributed by atoms with Crippen molar-refractivity contribution in [3.05, 3.63) is 23.7 Å². The van der Waals surface area contributed by atoms with Gasteiger partial charge in [-0.2, -0.15) is 5.21 Å². The molecule has 0 amide bonds. The number of H-pyrrole nitrogens is 1. The van der Waals surface area contributed by atoms with Crippen molar-refractivity contribution < 1.29 is 0 Å². The molecule has 2 aromatic heterocycles. The minimum absolute atomic E-state index is 0.480. The molecule has 78 valence electrons. The van der Waals surface area contributed by atoms with Crippen LogP contribution in [0.1, 0.15) is 11.4 Å². The first-order valence-corrected chi connectivity index (χ1v) is 4.44. The van der Waals surface area contributed by atoms with Crippen LogP contribution in [0, 0.1) is 6.92 Å². The number of hydrogen-bond acceptors (Lipinski definition) is 6. The molecule has 7 nitrogen and oxygen atoms in total. The van der Waals surface area contributed by atoms with E-state index >= 15 is 0 Å². The van der Waals surface area contributed by atoms with Crippen LogP contribution in [0.3, 0.4) is 0 Å². The number of tetrazole rings is 1. The van der Waals surface area contributed by atoms with Gasteiger partial charge in [0.25, 0.3) is 0 Å². The van der Waals surface area contributed by atoms with Crippen LogP contribution in [-0.2, 0) is 6.54 Å². The summed E-state index contributed by atoms with van der Waals surface area (Å²) in [6.07, 6.45) is 1.60. The zero-order valence-electron chi connectivity index (χ0n) is 8.23. The lowest BCUT2D eigenvalue weighted by Crippen LogP contribution is -2.05. The predicted octanol–water partition coefficient (Wildman–Crippen LogP) is 0.0974. The minimum Gasteiger partial charge on any atom is -0.397 e. The summed E-state index contributed by atoms with van der Waals surface area (Å²) in [7, 11) is 0. The molecule has 0 aliphatic carbocycles. The normalized spacial score (nSPS) is 10.2. The molecule has 0 aliphatic heterocycles. The molecular formula is C8H11N7. The van der Waals surface area contributed by atoms with Crippen LogP contribution >= 0.6 is 0 Å². The zero-order chi connectivity index (χ0) is 10.7. The smallest absolute Gasteiger partial charge is 0.193 e. The van der Waals surface area contributed by atoms with Gasteiger partial charge in [-0.25, -0.2) is 4.98 Å². The number of nitrogens with two attached hydrogens (primary N) is 1. The van der Waals surface area contributed by atoms with Crippen molar-refractivity contribution in [1.29, 1.82) is 0 Å². The monoisotopic (exact) mass is 205 g/mol. The lowest BCUT2D eigenvalue weighted by molar-refractivity contribution is 0.881. The summed E-state index contributed by atoms with van der Waals surface area (Å²) in [6.45, 7) is 2.41. The van der Waals surface area contributed by atoms with Gasteiger partial charge in [-0.05, 0) is 18.6 Å². The Hall–Kier alpha value is -2.18. The predicted molar refractivity (Wildman–Crippen MR) is 54.9 cm³/mol. The van der Waals surface area contributed by atoms with Crippen LogP contribution in [0.5, 0.6) is 0 Å². The molecule has 2 rings (SSSR count). The lowest BCUT2D eigenvalue weighted by atomic mass is 10.2. The Bertz CT molecular complexity index is 436. The maximum absolute atomic E-state index is 5.59. The fourth-order valence-electron chi connectivity index (χ4n) is 1.20. The average Bonchev–Trinajstić information content (AvgIpc) is 2.69. The van der Waals surface area contributed by atoms with Gasteiger partial charge in [0.1, 0.15) is 5.82 Å². The Labute approximate surface area is 86.1 Å². The molecule has 0 bridgehead atoms. The molecule has 15 heavy (non-hydrogen) atoms. The number of hydrogen-bond donors (Lipinski definition) is 3. The first-order chi connectivity index (χ1) is 7.25. The number of aromatic nitrogens is 5. The molecule has 0 radical (unpaired) electrons. The number of nitrogens with one attached hydrogen (secondary N) is 2. The molecular weight excluding hydrogens is 194 g/mol. The highest BCUT2D eigenvalue weighted by Gasteiger charge is 2.02. The van der Waals surface area contributed by atoms with Gasteiger partial charge in [0, 0.05) is 0 Å². The van der Waals surface area contributed by atoms with E-state index in [4.69, 9.17) is 5.73 Å². The fraction of sp³-hybridized carbons (Fsp3) is 0.250. The van der Waals surface area contributed by atoms with Gasteiger partial charge in [0.2, 0.25) is 0 Å². The number of nitrogen functional groups attached to an aromatic ring is 1. The highest BCUT2D eigenvalue weighted by molar-refractivity contribution is 5.50. The summed E-state index contributed by atoms with van der Waals surface area (Å²) >= 11 is 0. The molecule has 0 saturated carbocycles. The van der Waals surface area contributed by atoms with Crippen molar-refractivity contribution in [2.45, 2.75) is 13.5 Å². The molecule has 0 aliphatic rings. The molecule has 0 spiro atoms. The maximum Gasteiger partial charge on any atom is 0.193 e. The van der Waals surface area contributed by atoms with Gasteiger partial charge in [-0.1, -0.05) is 5.21 Å². The van der Waals surface area contributed by atoms with Gasteiger partial charge in [0.05, 0.1) is 18.4 Å². The van der Waals surface area contributed by atoms with Crippen molar-refractivity contribution in [1.82, 2.24) is 25.6 Å². The summed E-state index contributed by atoms with van der Waals surface area (Å²) in [5, 5.41) is 16.6. The zero-order valence-corrected chi connectivity index (χ0v) is 8.23. The second-order valence-electron chi connectivity index (χ2n) is 3.12. The van der Waals surface area contributed by atoms with Gasteiger partial charge in [-0.3, -0.25) is 0 Å². The Balaban J connectivity index is 2.05. The largest absolute Gasteiger partial charge is 0.397 e. The van der Waals surface area contributed by atoms with Crippen LogP contribution in [0.2, 0.25) is 0 Å². The van der Waals surface area contributed by atoms with Gasteiger partial charge < -0.3 is 11.1 Å². The number of aromatic amines is 1. The fourth-order valence-corrected chi connectivity index (χ4v) is 1.20. The van der Waals surface area contributed by atoms with Crippen molar-refractivity contribution >= 4 is 11.5 Å². The third kappa shape index (κ3) is 2.19. The molecule has 0 fully saturated rings. The van der Waals surface area contributed by atoms with E-state index in [0.717, 1.165) is 11.4 Å². The summed E-state index contributed by atoms with van der Waals surface area (Å²) in [5.41, 5.74) is 7.22. The van der Waals surface area contributed by atoms with Crippen LogP contribution in [0.15, 0.2) is 12.3 Å². The summed E-state index contributed by atoms with van der Waals surface area (Å²) in [5.74, 6) is 1.36. The van der Waals surface area contributed by atoms with Crippen molar-refractivity contribution in [3.8, 4) is 0 Å². The quantitative estimate of drug-likeness (QED) is 0.656. The Morgan fingerprint density at radius 2 is 2.40 bits per heavy atom. The second-order valence-corrected chi connectivity index (χ2v) is 3.12. The summed E-state index contributed by atoms with van der Waals surface area (Å²) in [4.78, 5) is 4.15. The summed E-state index contributed by atoms with van der Waals surface area (Å²) in [6, 6.07) is 1.85. The standard InChI is InChI=1S/C8H11N7/c1-5-2-6(9)3-10-8(5)11-4-7-12-14-15-13-7/h2-3H,4,9H2,1H3,(H,10,11)(H,12,13,14,15). The third-order valence-electron chi connectivity index (χ3n) is 1.90. The maximum atomic E-state index is 5.59. The van der Waals surface area contributed by atoms with Crippen LogP contribution in [-0.4, -0.2) is 25.6 Å². The summed E-state index contributed by atoms with van der Waals surface area (Å²) < 4.78 is 0. The van der Waals surface area contributed by atoms with Crippen molar-refractivity contribution in [2.75, 3.05) is 11.1 Å². The third-order valence-corrected chi connectivity index (χ3v) is 1.90. The van der Waals surface area contributed by atoms with E-state index in [0.29, 0.717) is 18.1 Å². The molecule has 4 N–H and O–H groups in total. The van der Waals surface area contributed by atoms with Crippen LogP contribution in [0.4, 0.5) is 11.5 Å². The van der Waals surface area contributed by atoms with E-state index in [1.807, 2.05) is 13.0 Å². The highest BCUT2D eigenvalue weighted by Crippen LogP contribution is 2.13. The molecule has 0 aromatic carbocycles. The topological polar surface area (TPSA) is 105 Å². The molecule has 0 atom stereocenters. The van der Waals surface area contributed by atoms with E-state index in [-0.39, 0.29) is 0 Å². The number of aryl methyl sites for hydroxylation is 1. The van der Waals surface area contributed by atoms with Gasteiger partial charge in [0.15, 0.2) is 5.82 Å². The molecule has 2 aromatic rings. The minimum atomic E-state index is 0.480. The number of rotatable bonds is 3. The Kier molecular flexibility index (Phi) is 2.44. The van der Waals surface area contributed by atoms with E-state index in [1.165, 1.54) is 0 Å². The SMILES string of the molecule is Cc1cc(N)cnc1NCc1nn[nH]n1. The van der Waals surface area contributed by atoms with Crippen molar-refractivity contribution in [3.63, 3.8) is 0 Å². The molecule has 0 saturated heterocycles. The van der Waals surface area contributed by atoms with Crippen LogP contribution in [0.25, 0.3) is 0 Å². The molecule has 7 heteroatoms. The molecule has 0 unspecified atom stereocenters. The Morgan fingerprint density at radius 3 is 3.07 bits per heavy atom. The van der Waals surface area contributed by atoms with Crippen molar-refractivity contribution in [2.24, 2.45) is 0 Å². The lowest BCUT2D eigenvalue weighted by Gasteiger charge is -2.06. The van der Waals surface area contributed by atoms with E-state index in [2.05, 4.69) is 30.9 Å². The highest BCUT2D eigenvalue weighted by atomic mass is 15.5. The van der Waals surface area contributed by atoms with E-state index in [9.17, 15) is 0 Å². The van der Waals surface area contributed by atoms with E-state index in [1.54, 1.807) is 6.20 Å². The number of anilines is 2. The number of nitrogens with zero attached hydrogens (tertiary/aromatic N) is 4. The van der Waals surface area contributed by atoms with Gasteiger partial charge >= 0.3 is 0 Å². The first-order valence-electron chi connectivity index (χ1n) is 4.44. The van der Waals surface area contributed by atoms with E-state index < -0.39 is 0 Å². The molecule has 2 heterocycles. The number of pyridine rings is 1. The second kappa shape index (κ2) is 3.91. The van der Waals surface area contributed by atoms with Gasteiger partial charge in [-0.15, -0.1) is 10.2 Å².